The number of anilines is 1. The van der Waals surface area contributed by atoms with E-state index < -0.39 is 27.9 Å². The minimum atomic E-state index is -1.31. The number of hydrogen-bond donors (Lipinski definition) is 1. The van der Waals surface area contributed by atoms with Gasteiger partial charge in [-0.1, -0.05) is 30.3 Å². The van der Waals surface area contributed by atoms with E-state index in [1.807, 2.05) is 0 Å². The van der Waals surface area contributed by atoms with Crippen molar-refractivity contribution in [2.24, 2.45) is 5.92 Å². The number of benzene rings is 2. The molecule has 26 heavy (non-hydrogen) atoms. The molecule has 1 saturated carbocycles. The van der Waals surface area contributed by atoms with E-state index in [0.717, 1.165) is 0 Å². The standard InChI is InChI=1S/C19H13Cl3FNO2/c1-2-10-7-11(3-6-15(10)23)16-17(19(16,21)22)18(26)24-13-4-5-14(20)12(8-13)9-25/h2-9,16-17H,1H2,(H,24,26). The summed E-state index contributed by atoms with van der Waals surface area (Å²) in [4.78, 5) is 23.5. The fourth-order valence-corrected chi connectivity index (χ4v) is 3.90. The molecule has 0 aromatic heterocycles. The first-order chi connectivity index (χ1) is 12.3. The summed E-state index contributed by atoms with van der Waals surface area (Å²) >= 11 is 18.5. The summed E-state index contributed by atoms with van der Waals surface area (Å²) in [6.07, 6.45) is 1.98. The molecule has 134 valence electrons. The molecule has 7 heteroatoms. The van der Waals surface area contributed by atoms with Gasteiger partial charge in [-0.25, -0.2) is 4.39 Å². The van der Waals surface area contributed by atoms with E-state index in [2.05, 4.69) is 11.9 Å². The molecule has 0 spiro atoms. The van der Waals surface area contributed by atoms with E-state index in [9.17, 15) is 14.0 Å². The van der Waals surface area contributed by atoms with Crippen LogP contribution >= 0.6 is 34.8 Å². The van der Waals surface area contributed by atoms with Crippen molar-refractivity contribution in [3.63, 3.8) is 0 Å². The third-order valence-corrected chi connectivity index (χ3v) is 5.61. The largest absolute Gasteiger partial charge is 0.326 e. The van der Waals surface area contributed by atoms with Crippen LogP contribution in [0.2, 0.25) is 5.02 Å². The molecular formula is C19H13Cl3FNO2. The Labute approximate surface area is 164 Å². The highest BCUT2D eigenvalue weighted by Crippen LogP contribution is 2.65. The lowest BCUT2D eigenvalue weighted by molar-refractivity contribution is -0.117. The second kappa shape index (κ2) is 7.03. The van der Waals surface area contributed by atoms with Crippen molar-refractivity contribution in [3.8, 4) is 0 Å². The number of carbonyl (C=O) groups excluding carboxylic acids is 2. The fourth-order valence-electron chi connectivity index (χ4n) is 2.91. The fraction of sp³-hybridized carbons (Fsp3) is 0.158. The SMILES string of the molecule is C=Cc1cc(C2C(C(=O)Nc3ccc(Cl)c(C=O)c3)C2(Cl)Cl)ccc1F. The molecule has 0 aliphatic heterocycles. The molecule has 2 aromatic carbocycles. The van der Waals surface area contributed by atoms with Crippen LogP contribution in [0, 0.1) is 11.7 Å². The van der Waals surface area contributed by atoms with Crippen molar-refractivity contribution < 1.29 is 14.0 Å². The monoisotopic (exact) mass is 411 g/mol. The maximum absolute atomic E-state index is 13.6. The molecule has 3 rings (SSSR count). The molecule has 2 aromatic rings. The maximum atomic E-state index is 13.6. The number of halogens is 4. The lowest BCUT2D eigenvalue weighted by atomic mass is 10.0. The number of nitrogens with one attached hydrogen (secondary N) is 1. The predicted molar refractivity (Wildman–Crippen MR) is 103 cm³/mol. The molecular weight excluding hydrogens is 400 g/mol. The summed E-state index contributed by atoms with van der Waals surface area (Å²) in [6, 6.07) is 8.96. The zero-order valence-corrected chi connectivity index (χ0v) is 15.6. The molecule has 1 aliphatic carbocycles. The molecule has 2 unspecified atom stereocenters. The Morgan fingerprint density at radius 3 is 2.58 bits per heavy atom. The first-order valence-corrected chi connectivity index (χ1v) is 8.78. The van der Waals surface area contributed by atoms with Gasteiger partial charge >= 0.3 is 0 Å². The number of amides is 1. The zero-order chi connectivity index (χ0) is 19.1. The quantitative estimate of drug-likeness (QED) is 0.523. The van der Waals surface area contributed by atoms with Gasteiger partial charge in [-0.2, -0.15) is 0 Å². The Morgan fingerprint density at radius 1 is 1.19 bits per heavy atom. The average molecular weight is 413 g/mol. The van der Waals surface area contributed by atoms with Crippen LogP contribution in [-0.2, 0) is 4.79 Å². The lowest BCUT2D eigenvalue weighted by Crippen LogP contribution is -2.17. The van der Waals surface area contributed by atoms with Crippen LogP contribution in [0.3, 0.4) is 0 Å². The van der Waals surface area contributed by atoms with Crippen LogP contribution in [0.1, 0.15) is 27.4 Å². The Hall–Kier alpha value is -1.88. The van der Waals surface area contributed by atoms with Gasteiger partial charge in [-0.15, -0.1) is 23.2 Å². The van der Waals surface area contributed by atoms with E-state index in [-0.39, 0.29) is 10.6 Å². The smallest absolute Gasteiger partial charge is 0.231 e. The lowest BCUT2D eigenvalue weighted by Gasteiger charge is -2.07. The molecule has 0 heterocycles. The first kappa shape index (κ1) is 18.9. The Kier molecular flexibility index (Phi) is 5.11. The van der Waals surface area contributed by atoms with Gasteiger partial charge in [0.15, 0.2) is 6.29 Å². The van der Waals surface area contributed by atoms with Crippen molar-refractivity contribution in [3.05, 3.63) is 70.5 Å². The number of aldehydes is 1. The van der Waals surface area contributed by atoms with Gasteiger partial charge in [0.1, 0.15) is 10.2 Å². The predicted octanol–water partition coefficient (Wildman–Crippen LogP) is 5.46. The van der Waals surface area contributed by atoms with E-state index in [1.165, 1.54) is 24.3 Å². The van der Waals surface area contributed by atoms with Crippen LogP contribution < -0.4 is 5.32 Å². The number of alkyl halides is 2. The molecule has 0 saturated heterocycles. The first-order valence-electron chi connectivity index (χ1n) is 7.65. The van der Waals surface area contributed by atoms with Crippen LogP contribution in [0.4, 0.5) is 10.1 Å². The molecule has 0 radical (unpaired) electrons. The van der Waals surface area contributed by atoms with Crippen LogP contribution in [0.15, 0.2) is 43.0 Å². The van der Waals surface area contributed by atoms with Crippen molar-refractivity contribution >= 4 is 58.8 Å². The Morgan fingerprint density at radius 2 is 1.92 bits per heavy atom. The normalized spacial score (nSPS) is 20.3. The maximum Gasteiger partial charge on any atom is 0.231 e. The molecule has 1 N–H and O–H groups in total. The third kappa shape index (κ3) is 3.37. The topological polar surface area (TPSA) is 46.2 Å². The highest BCUT2D eigenvalue weighted by molar-refractivity contribution is 6.53. The molecule has 1 aliphatic rings. The summed E-state index contributed by atoms with van der Waals surface area (Å²) < 4.78 is 12.3. The third-order valence-electron chi connectivity index (χ3n) is 4.33. The highest BCUT2D eigenvalue weighted by atomic mass is 35.5. The van der Waals surface area contributed by atoms with Crippen molar-refractivity contribution in [1.29, 1.82) is 0 Å². The van der Waals surface area contributed by atoms with E-state index >= 15 is 0 Å². The molecule has 0 bridgehead atoms. The summed E-state index contributed by atoms with van der Waals surface area (Å²) in [5, 5.41) is 2.97. The summed E-state index contributed by atoms with van der Waals surface area (Å²) in [6.45, 7) is 3.56. The average Bonchev–Trinajstić information content (AvgIpc) is 3.19. The second-order valence-corrected chi connectivity index (χ2v) is 7.81. The molecule has 2 atom stereocenters. The minimum Gasteiger partial charge on any atom is -0.326 e. The van der Waals surface area contributed by atoms with Crippen molar-refractivity contribution in [2.45, 2.75) is 10.3 Å². The summed E-state index contributed by atoms with van der Waals surface area (Å²) in [5.74, 6) is -2.02. The minimum absolute atomic E-state index is 0.258. The Balaban J connectivity index is 1.82. The van der Waals surface area contributed by atoms with Gasteiger partial charge in [-0.3, -0.25) is 9.59 Å². The van der Waals surface area contributed by atoms with Gasteiger partial charge in [-0.05, 0) is 35.9 Å². The van der Waals surface area contributed by atoms with Crippen LogP contribution in [0.5, 0.6) is 0 Å². The van der Waals surface area contributed by atoms with Crippen LogP contribution in [0.25, 0.3) is 6.08 Å². The summed E-state index contributed by atoms with van der Waals surface area (Å²) in [5.41, 5.74) is 1.62. The van der Waals surface area contributed by atoms with Gasteiger partial charge in [0.25, 0.3) is 0 Å². The highest BCUT2D eigenvalue weighted by Gasteiger charge is 2.67. The second-order valence-electron chi connectivity index (χ2n) is 5.96. The van der Waals surface area contributed by atoms with Gasteiger partial charge in [0, 0.05) is 22.7 Å². The number of hydrogen-bond acceptors (Lipinski definition) is 2. The van der Waals surface area contributed by atoms with Gasteiger partial charge in [0.05, 0.1) is 10.9 Å². The molecule has 1 amide bonds. The molecule has 1 fully saturated rings. The Bertz CT molecular complexity index is 914. The number of carbonyl (C=O) groups is 2. The van der Waals surface area contributed by atoms with E-state index in [4.69, 9.17) is 34.8 Å². The van der Waals surface area contributed by atoms with Crippen molar-refractivity contribution in [1.82, 2.24) is 0 Å². The zero-order valence-electron chi connectivity index (χ0n) is 13.3. The summed E-state index contributed by atoms with van der Waals surface area (Å²) in [7, 11) is 0. The van der Waals surface area contributed by atoms with Gasteiger partial charge in [0.2, 0.25) is 5.91 Å². The van der Waals surface area contributed by atoms with Crippen LogP contribution in [-0.4, -0.2) is 16.5 Å². The van der Waals surface area contributed by atoms with Gasteiger partial charge < -0.3 is 5.32 Å². The van der Waals surface area contributed by atoms with Crippen molar-refractivity contribution in [2.75, 3.05) is 5.32 Å². The van der Waals surface area contributed by atoms with E-state index in [1.54, 1.807) is 18.2 Å². The van der Waals surface area contributed by atoms with E-state index in [0.29, 0.717) is 23.1 Å². The molecule has 3 nitrogen and oxygen atoms in total. The number of rotatable bonds is 5.